The van der Waals surface area contributed by atoms with Crippen LogP contribution in [0.25, 0.3) is 10.9 Å². The lowest BCUT2D eigenvalue weighted by Gasteiger charge is -2.09. The van der Waals surface area contributed by atoms with Gasteiger partial charge < -0.3 is 10.3 Å². The molecule has 1 aromatic heterocycles. The summed E-state index contributed by atoms with van der Waals surface area (Å²) >= 11 is 0. The minimum absolute atomic E-state index is 0.106. The highest BCUT2D eigenvalue weighted by Gasteiger charge is 2.13. The van der Waals surface area contributed by atoms with E-state index in [9.17, 15) is 10.3 Å². The van der Waals surface area contributed by atoms with Gasteiger partial charge in [0, 0.05) is 22.7 Å². The second kappa shape index (κ2) is 5.01. The van der Waals surface area contributed by atoms with Crippen LogP contribution in [0.4, 0.5) is 0 Å². The Bertz CT molecular complexity index is 783. The molecule has 1 heterocycles. The van der Waals surface area contributed by atoms with E-state index in [1.807, 2.05) is 36.4 Å². The zero-order valence-corrected chi connectivity index (χ0v) is 10.6. The summed E-state index contributed by atoms with van der Waals surface area (Å²) in [5.74, 6) is 0.106. The summed E-state index contributed by atoms with van der Waals surface area (Å²) in [6.45, 7) is 0. The lowest BCUT2D eigenvalue weighted by molar-refractivity contribution is 0.319. The Kier molecular flexibility index (Phi) is 3.05. The number of hydrogen-bond acceptors (Lipinski definition) is 4. The van der Waals surface area contributed by atoms with Gasteiger partial charge >= 0.3 is 0 Å². The Morgan fingerprint density at radius 1 is 0.950 bits per heavy atom. The highest BCUT2D eigenvalue weighted by molar-refractivity contribution is 6.19. The normalized spacial score (nSPS) is 11.7. The molecule has 0 saturated carbocycles. The van der Waals surface area contributed by atoms with Crippen molar-refractivity contribution in [2.75, 3.05) is 0 Å². The molecule has 0 spiro atoms. The second-order valence-electron chi connectivity index (χ2n) is 4.35. The van der Waals surface area contributed by atoms with Crippen molar-refractivity contribution in [1.82, 2.24) is 4.98 Å². The molecule has 0 aliphatic carbocycles. The van der Waals surface area contributed by atoms with Crippen LogP contribution >= 0.6 is 0 Å². The van der Waals surface area contributed by atoms with Crippen molar-refractivity contribution in [2.45, 2.75) is 0 Å². The molecule has 2 N–H and O–H groups in total. The average molecular weight is 264 g/mol. The second-order valence-corrected chi connectivity index (χ2v) is 4.35. The first-order valence-electron chi connectivity index (χ1n) is 6.16. The van der Waals surface area contributed by atoms with Crippen LogP contribution in [0, 0.1) is 0 Å². The maximum Gasteiger partial charge on any atom is 0.141 e. The predicted molar refractivity (Wildman–Crippen MR) is 77.3 cm³/mol. The Labute approximate surface area is 115 Å². The first kappa shape index (κ1) is 12.2. The highest BCUT2D eigenvalue weighted by Crippen LogP contribution is 2.27. The Balaban J connectivity index is 2.27. The van der Waals surface area contributed by atoms with Crippen LogP contribution in [0.1, 0.15) is 11.1 Å². The lowest BCUT2D eigenvalue weighted by atomic mass is 9.98. The van der Waals surface area contributed by atoms with Crippen LogP contribution in [0.15, 0.2) is 65.9 Å². The van der Waals surface area contributed by atoms with E-state index < -0.39 is 0 Å². The summed E-state index contributed by atoms with van der Waals surface area (Å²) in [4.78, 5) is 4.17. The minimum atomic E-state index is 0.106. The van der Waals surface area contributed by atoms with Crippen molar-refractivity contribution in [2.24, 2.45) is 5.16 Å². The molecule has 0 radical (unpaired) electrons. The summed E-state index contributed by atoms with van der Waals surface area (Å²) < 4.78 is 0. The van der Waals surface area contributed by atoms with Crippen LogP contribution in [-0.4, -0.2) is 21.0 Å². The average Bonchev–Trinajstić information content (AvgIpc) is 2.52. The van der Waals surface area contributed by atoms with E-state index in [1.165, 1.54) is 0 Å². The molecule has 3 rings (SSSR count). The molecule has 0 saturated heterocycles. The molecule has 0 fully saturated rings. The fraction of sp³-hybridized carbons (Fsp3) is 0. The molecule has 0 atom stereocenters. The standard InChI is InChI=1S/C16H12N2O2/c19-14-9-8-13(12-7-4-10-17-16(12)14)15(18-20)11-5-2-1-3-6-11/h1-10,19-20H. The Hall–Kier alpha value is -2.88. The number of hydrogen-bond donors (Lipinski definition) is 2. The monoisotopic (exact) mass is 264 g/mol. The third-order valence-corrected chi connectivity index (χ3v) is 3.15. The molecular formula is C16H12N2O2. The molecular weight excluding hydrogens is 252 g/mol. The maximum absolute atomic E-state index is 9.86. The number of aromatic nitrogens is 1. The number of oxime groups is 1. The largest absolute Gasteiger partial charge is 0.506 e. The molecule has 0 aliphatic rings. The van der Waals surface area contributed by atoms with Crippen LogP contribution < -0.4 is 0 Å². The van der Waals surface area contributed by atoms with E-state index in [-0.39, 0.29) is 5.75 Å². The summed E-state index contributed by atoms with van der Waals surface area (Å²) in [6.07, 6.45) is 1.62. The van der Waals surface area contributed by atoms with Crippen molar-refractivity contribution >= 4 is 16.6 Å². The van der Waals surface area contributed by atoms with Gasteiger partial charge in [-0.05, 0) is 18.2 Å². The van der Waals surface area contributed by atoms with Crippen LogP contribution in [0.3, 0.4) is 0 Å². The van der Waals surface area contributed by atoms with Gasteiger partial charge in [0.2, 0.25) is 0 Å². The molecule has 4 heteroatoms. The van der Waals surface area contributed by atoms with Crippen molar-refractivity contribution < 1.29 is 10.3 Å². The number of nitrogens with zero attached hydrogens (tertiary/aromatic N) is 2. The highest BCUT2D eigenvalue weighted by atomic mass is 16.4. The van der Waals surface area contributed by atoms with Gasteiger partial charge in [0.1, 0.15) is 17.0 Å². The van der Waals surface area contributed by atoms with E-state index in [4.69, 9.17) is 0 Å². The maximum atomic E-state index is 9.86. The van der Waals surface area contributed by atoms with E-state index in [1.54, 1.807) is 24.4 Å². The SMILES string of the molecule is ON=C(c1ccccc1)c1ccc(O)c2ncccc12. The number of fused-ring (bicyclic) bond motifs is 1. The molecule has 98 valence electrons. The Morgan fingerprint density at radius 2 is 1.75 bits per heavy atom. The summed E-state index contributed by atoms with van der Waals surface area (Å²) in [5.41, 5.74) is 2.45. The van der Waals surface area contributed by atoms with Crippen LogP contribution in [-0.2, 0) is 0 Å². The van der Waals surface area contributed by atoms with Gasteiger partial charge in [-0.2, -0.15) is 0 Å². The van der Waals surface area contributed by atoms with Crippen LogP contribution in [0.5, 0.6) is 5.75 Å². The first-order valence-corrected chi connectivity index (χ1v) is 6.16. The van der Waals surface area contributed by atoms with E-state index in [0.29, 0.717) is 11.2 Å². The van der Waals surface area contributed by atoms with E-state index in [2.05, 4.69) is 10.1 Å². The molecule has 0 unspecified atom stereocenters. The number of pyridine rings is 1. The van der Waals surface area contributed by atoms with Gasteiger partial charge in [0.15, 0.2) is 0 Å². The van der Waals surface area contributed by atoms with Crippen molar-refractivity contribution in [1.29, 1.82) is 0 Å². The lowest BCUT2D eigenvalue weighted by Crippen LogP contribution is -2.04. The smallest absolute Gasteiger partial charge is 0.141 e. The van der Waals surface area contributed by atoms with E-state index >= 15 is 0 Å². The number of aromatic hydroxyl groups is 1. The molecule has 0 amide bonds. The van der Waals surface area contributed by atoms with Crippen molar-refractivity contribution in [3.63, 3.8) is 0 Å². The van der Waals surface area contributed by atoms with Gasteiger partial charge in [-0.1, -0.05) is 41.6 Å². The summed E-state index contributed by atoms with van der Waals surface area (Å²) in [5, 5.41) is 23.4. The first-order chi connectivity index (χ1) is 9.81. The number of benzene rings is 2. The Morgan fingerprint density at radius 3 is 2.50 bits per heavy atom. The van der Waals surface area contributed by atoms with Crippen molar-refractivity contribution in [3.05, 3.63) is 71.9 Å². The third kappa shape index (κ3) is 1.97. The number of phenols is 1. The molecule has 0 aliphatic heterocycles. The molecule has 0 bridgehead atoms. The number of rotatable bonds is 2. The van der Waals surface area contributed by atoms with Gasteiger partial charge in [0.05, 0.1) is 0 Å². The predicted octanol–water partition coefficient (Wildman–Crippen LogP) is 3.17. The zero-order valence-electron chi connectivity index (χ0n) is 10.6. The quantitative estimate of drug-likeness (QED) is 0.424. The summed E-state index contributed by atoms with van der Waals surface area (Å²) in [6, 6.07) is 16.3. The van der Waals surface area contributed by atoms with Gasteiger partial charge in [0.25, 0.3) is 0 Å². The van der Waals surface area contributed by atoms with Gasteiger partial charge in [-0.25, -0.2) is 0 Å². The van der Waals surface area contributed by atoms with E-state index in [0.717, 1.165) is 16.5 Å². The number of phenolic OH excluding ortho intramolecular Hbond substituents is 1. The fourth-order valence-corrected chi connectivity index (χ4v) is 2.23. The van der Waals surface area contributed by atoms with Crippen LogP contribution in [0.2, 0.25) is 0 Å². The van der Waals surface area contributed by atoms with Gasteiger partial charge in [-0.15, -0.1) is 0 Å². The van der Waals surface area contributed by atoms with Gasteiger partial charge in [-0.3, -0.25) is 4.98 Å². The minimum Gasteiger partial charge on any atom is -0.506 e. The molecule has 4 nitrogen and oxygen atoms in total. The third-order valence-electron chi connectivity index (χ3n) is 3.15. The molecule has 20 heavy (non-hydrogen) atoms. The molecule has 2 aromatic carbocycles. The fourth-order valence-electron chi connectivity index (χ4n) is 2.23. The van der Waals surface area contributed by atoms with Crippen molar-refractivity contribution in [3.8, 4) is 5.75 Å². The molecule has 3 aromatic rings. The zero-order chi connectivity index (χ0) is 13.9. The topological polar surface area (TPSA) is 65.7 Å². The summed E-state index contributed by atoms with van der Waals surface area (Å²) in [7, 11) is 0.